The molecule has 0 aliphatic carbocycles. The van der Waals surface area contributed by atoms with Crippen LogP contribution in [0.2, 0.25) is 0 Å². The molecule has 2 aromatic rings. The van der Waals surface area contributed by atoms with Gasteiger partial charge in [0.1, 0.15) is 11.6 Å². The van der Waals surface area contributed by atoms with Gasteiger partial charge in [-0.15, -0.1) is 0 Å². The maximum absolute atomic E-state index is 13.6. The van der Waals surface area contributed by atoms with Crippen molar-refractivity contribution in [2.75, 3.05) is 18.4 Å². The van der Waals surface area contributed by atoms with Crippen molar-refractivity contribution in [1.82, 2.24) is 10.1 Å². The minimum absolute atomic E-state index is 0.183. The van der Waals surface area contributed by atoms with Crippen LogP contribution >= 0.6 is 0 Å². The summed E-state index contributed by atoms with van der Waals surface area (Å²) in [5.74, 6) is 1.63. The van der Waals surface area contributed by atoms with Gasteiger partial charge in [0.05, 0.1) is 5.69 Å². The lowest BCUT2D eigenvalue weighted by molar-refractivity contribution is -0.133. The van der Waals surface area contributed by atoms with Gasteiger partial charge in [0.2, 0.25) is 5.91 Å². The van der Waals surface area contributed by atoms with Crippen LogP contribution in [0.1, 0.15) is 50.1 Å². The quantitative estimate of drug-likeness (QED) is 0.728. The van der Waals surface area contributed by atoms with Crippen LogP contribution in [-0.4, -0.2) is 35.1 Å². The lowest BCUT2D eigenvalue weighted by Gasteiger charge is -2.40. The Balaban J connectivity index is 1.62. The van der Waals surface area contributed by atoms with Crippen LogP contribution in [0.25, 0.3) is 0 Å². The van der Waals surface area contributed by atoms with E-state index in [2.05, 4.69) is 24.3 Å². The number of carbonyl (C=O) groups is 1. The molecule has 1 aliphatic rings. The molecule has 3 rings (SSSR count). The molecule has 1 aromatic heterocycles. The average Bonchev–Trinajstić information content (AvgIpc) is 2.98. The first-order chi connectivity index (χ1) is 13.8. The van der Waals surface area contributed by atoms with Gasteiger partial charge in [-0.05, 0) is 63.1 Å². The van der Waals surface area contributed by atoms with Gasteiger partial charge >= 0.3 is 0 Å². The van der Waals surface area contributed by atoms with Gasteiger partial charge in [-0.25, -0.2) is 4.39 Å². The molecule has 1 saturated heterocycles. The van der Waals surface area contributed by atoms with Crippen molar-refractivity contribution in [3.05, 3.63) is 47.1 Å². The van der Waals surface area contributed by atoms with Crippen molar-refractivity contribution in [2.45, 2.75) is 59.4 Å². The van der Waals surface area contributed by atoms with Gasteiger partial charge in [-0.3, -0.25) is 4.79 Å². The zero-order valence-corrected chi connectivity index (χ0v) is 17.9. The fourth-order valence-corrected chi connectivity index (χ4v) is 4.33. The summed E-state index contributed by atoms with van der Waals surface area (Å²) in [4.78, 5) is 14.9. The number of anilines is 1. The minimum atomic E-state index is -0.234. The summed E-state index contributed by atoms with van der Waals surface area (Å²) < 4.78 is 18.8. The summed E-state index contributed by atoms with van der Waals surface area (Å²) in [7, 11) is 0. The number of carbonyl (C=O) groups excluding carboxylic acids is 1. The monoisotopic (exact) mass is 401 g/mol. The molecule has 2 heterocycles. The summed E-state index contributed by atoms with van der Waals surface area (Å²) in [5.41, 5.74) is 2.72. The highest BCUT2D eigenvalue weighted by Gasteiger charge is 2.32. The zero-order chi connectivity index (χ0) is 21.0. The SMILES string of the molecule is Cc1noc(C)c1CCC(=O)N1CC[C@@H](Nc2cccc(F)c2)[C@@H](CC(C)C)C1. The number of nitrogens with one attached hydrogen (secondary N) is 1. The van der Waals surface area contributed by atoms with E-state index in [1.165, 1.54) is 12.1 Å². The van der Waals surface area contributed by atoms with Gasteiger partial charge in [0.15, 0.2) is 0 Å². The van der Waals surface area contributed by atoms with Gasteiger partial charge in [-0.2, -0.15) is 0 Å². The highest BCUT2D eigenvalue weighted by Crippen LogP contribution is 2.28. The molecule has 29 heavy (non-hydrogen) atoms. The van der Waals surface area contributed by atoms with Gasteiger partial charge in [0.25, 0.3) is 0 Å². The fraction of sp³-hybridized carbons (Fsp3) is 0.565. The highest BCUT2D eigenvalue weighted by molar-refractivity contribution is 5.76. The lowest BCUT2D eigenvalue weighted by Crippen LogP contribution is -2.49. The van der Waals surface area contributed by atoms with Crippen LogP contribution in [0.4, 0.5) is 10.1 Å². The molecule has 1 amide bonds. The Kier molecular flexibility index (Phi) is 6.93. The Morgan fingerprint density at radius 1 is 1.38 bits per heavy atom. The summed E-state index contributed by atoms with van der Waals surface area (Å²) in [6.45, 7) is 9.68. The molecule has 1 aromatic carbocycles. The van der Waals surface area contributed by atoms with Gasteiger partial charge in [-0.1, -0.05) is 25.1 Å². The van der Waals surface area contributed by atoms with E-state index >= 15 is 0 Å². The number of hydrogen-bond acceptors (Lipinski definition) is 4. The number of hydrogen-bond donors (Lipinski definition) is 1. The van der Waals surface area contributed by atoms with E-state index in [4.69, 9.17) is 4.52 Å². The molecular formula is C23H32FN3O2. The molecule has 0 spiro atoms. The van der Waals surface area contributed by atoms with Crippen LogP contribution in [0.15, 0.2) is 28.8 Å². The number of nitrogens with zero attached hydrogens (tertiary/aromatic N) is 2. The van der Waals surface area contributed by atoms with Gasteiger partial charge in [0, 0.05) is 36.8 Å². The number of aryl methyl sites for hydroxylation is 2. The Labute approximate surface area is 172 Å². The van der Waals surface area contributed by atoms with E-state index in [1.807, 2.05) is 24.8 Å². The number of rotatable bonds is 7. The molecule has 0 bridgehead atoms. The molecule has 1 N–H and O–H groups in total. The number of aromatic nitrogens is 1. The molecule has 0 unspecified atom stereocenters. The molecule has 0 radical (unpaired) electrons. The molecular weight excluding hydrogens is 369 g/mol. The molecule has 5 nitrogen and oxygen atoms in total. The number of piperidine rings is 1. The second kappa shape index (κ2) is 9.42. The van der Waals surface area contributed by atoms with Crippen LogP contribution < -0.4 is 5.32 Å². The number of benzene rings is 1. The highest BCUT2D eigenvalue weighted by atomic mass is 19.1. The molecule has 6 heteroatoms. The Morgan fingerprint density at radius 3 is 2.83 bits per heavy atom. The Bertz CT molecular complexity index is 814. The van der Waals surface area contributed by atoms with Crippen LogP contribution in [-0.2, 0) is 11.2 Å². The standard InChI is InChI=1S/C23H32FN3O2/c1-15(2)12-18-14-27(23(28)9-8-21-16(3)26-29-17(21)4)11-10-22(18)25-20-7-5-6-19(24)13-20/h5-7,13,15,18,22,25H,8-12,14H2,1-4H3/t18-,22+/m0/s1. The summed E-state index contributed by atoms with van der Waals surface area (Å²) in [5, 5.41) is 7.48. The molecule has 0 saturated carbocycles. The first-order valence-electron chi connectivity index (χ1n) is 10.5. The third-order valence-electron chi connectivity index (χ3n) is 5.81. The van der Waals surface area contributed by atoms with Crippen LogP contribution in [0.5, 0.6) is 0 Å². The topological polar surface area (TPSA) is 58.4 Å². The predicted octanol–water partition coefficient (Wildman–Crippen LogP) is 4.74. The van der Waals surface area contributed by atoms with E-state index in [0.717, 1.165) is 48.6 Å². The second-order valence-electron chi connectivity index (χ2n) is 8.58. The first kappa shape index (κ1) is 21.3. The number of amides is 1. The summed E-state index contributed by atoms with van der Waals surface area (Å²) in [6, 6.07) is 6.86. The zero-order valence-electron chi connectivity index (χ0n) is 17.9. The molecule has 1 aliphatic heterocycles. The van der Waals surface area contributed by atoms with Crippen LogP contribution in [0.3, 0.4) is 0 Å². The average molecular weight is 402 g/mol. The van der Waals surface area contributed by atoms with Gasteiger partial charge < -0.3 is 14.7 Å². The maximum Gasteiger partial charge on any atom is 0.222 e. The van der Waals surface area contributed by atoms with Crippen molar-refractivity contribution in [3.8, 4) is 0 Å². The van der Waals surface area contributed by atoms with E-state index in [9.17, 15) is 9.18 Å². The third kappa shape index (κ3) is 5.58. The summed E-state index contributed by atoms with van der Waals surface area (Å²) in [6.07, 6.45) is 3.03. The normalized spacial score (nSPS) is 19.6. The van der Waals surface area contributed by atoms with E-state index in [1.54, 1.807) is 6.07 Å². The fourth-order valence-electron chi connectivity index (χ4n) is 4.33. The Hall–Kier alpha value is -2.37. The van der Waals surface area contributed by atoms with E-state index in [-0.39, 0.29) is 17.8 Å². The molecule has 158 valence electrons. The maximum atomic E-state index is 13.6. The van der Waals surface area contributed by atoms with E-state index < -0.39 is 0 Å². The Morgan fingerprint density at radius 2 is 2.17 bits per heavy atom. The smallest absolute Gasteiger partial charge is 0.222 e. The van der Waals surface area contributed by atoms with Crippen molar-refractivity contribution >= 4 is 11.6 Å². The summed E-state index contributed by atoms with van der Waals surface area (Å²) >= 11 is 0. The van der Waals surface area contributed by atoms with Crippen molar-refractivity contribution in [3.63, 3.8) is 0 Å². The lowest BCUT2D eigenvalue weighted by atomic mass is 9.85. The van der Waals surface area contributed by atoms with Crippen molar-refractivity contribution in [1.29, 1.82) is 0 Å². The van der Waals surface area contributed by atoms with E-state index in [0.29, 0.717) is 24.7 Å². The van der Waals surface area contributed by atoms with Crippen molar-refractivity contribution < 1.29 is 13.7 Å². The molecule has 1 fully saturated rings. The van der Waals surface area contributed by atoms with Crippen molar-refractivity contribution in [2.24, 2.45) is 11.8 Å². The predicted molar refractivity (Wildman–Crippen MR) is 112 cm³/mol. The minimum Gasteiger partial charge on any atom is -0.382 e. The number of likely N-dealkylation sites (tertiary alicyclic amines) is 1. The van der Waals surface area contributed by atoms with Crippen LogP contribution in [0, 0.1) is 31.5 Å². The second-order valence-corrected chi connectivity index (χ2v) is 8.58. The molecule has 2 atom stereocenters. The number of halogens is 1. The third-order valence-corrected chi connectivity index (χ3v) is 5.81. The largest absolute Gasteiger partial charge is 0.382 e. The first-order valence-corrected chi connectivity index (χ1v) is 10.5.